The van der Waals surface area contributed by atoms with E-state index in [2.05, 4.69) is 66.8 Å². The zero-order valence-electron chi connectivity index (χ0n) is 12.6. The van der Waals surface area contributed by atoms with E-state index >= 15 is 0 Å². The van der Waals surface area contributed by atoms with Crippen LogP contribution in [-0.4, -0.2) is 0 Å². The molecule has 0 aromatic heterocycles. The minimum atomic E-state index is 1.02. The van der Waals surface area contributed by atoms with Crippen LogP contribution in [-0.2, 0) is 12.8 Å². The molecule has 0 bridgehead atoms. The van der Waals surface area contributed by atoms with Crippen LogP contribution < -0.4 is 5.32 Å². The van der Waals surface area contributed by atoms with Gasteiger partial charge in [0, 0.05) is 17.8 Å². The lowest BCUT2D eigenvalue weighted by atomic mass is 9.93. The molecule has 22 heavy (non-hydrogen) atoms. The Bertz CT molecular complexity index is 921. The Morgan fingerprint density at radius 3 is 2.59 bits per heavy atom. The van der Waals surface area contributed by atoms with E-state index in [-0.39, 0.29) is 0 Å². The summed E-state index contributed by atoms with van der Waals surface area (Å²) in [5.74, 6) is 0. The van der Waals surface area contributed by atoms with Crippen molar-refractivity contribution >= 4 is 11.4 Å². The van der Waals surface area contributed by atoms with Crippen LogP contribution in [0.3, 0.4) is 0 Å². The minimum absolute atomic E-state index is 1.02. The number of hydrogen-bond acceptors (Lipinski definition) is 1. The molecule has 3 aromatic carbocycles. The van der Waals surface area contributed by atoms with Gasteiger partial charge in [0.1, 0.15) is 0 Å². The van der Waals surface area contributed by atoms with Crippen molar-refractivity contribution in [3.63, 3.8) is 0 Å². The van der Waals surface area contributed by atoms with Crippen LogP contribution in [0.25, 0.3) is 11.1 Å². The third kappa shape index (κ3) is 1.59. The molecule has 0 amide bonds. The van der Waals surface area contributed by atoms with E-state index in [1.165, 1.54) is 50.3 Å². The smallest absolute Gasteiger partial charge is 0.0423 e. The fourth-order valence-electron chi connectivity index (χ4n) is 3.88. The van der Waals surface area contributed by atoms with Crippen LogP contribution in [0.4, 0.5) is 11.4 Å². The van der Waals surface area contributed by atoms with Crippen molar-refractivity contribution in [1.82, 2.24) is 0 Å². The van der Waals surface area contributed by atoms with Crippen LogP contribution in [0, 0.1) is 6.92 Å². The van der Waals surface area contributed by atoms with Gasteiger partial charge in [-0.05, 0) is 70.5 Å². The van der Waals surface area contributed by atoms with Gasteiger partial charge >= 0.3 is 0 Å². The summed E-state index contributed by atoms with van der Waals surface area (Å²) in [5.41, 5.74) is 12.5. The average molecular weight is 283 g/mol. The first-order valence-corrected chi connectivity index (χ1v) is 7.89. The zero-order chi connectivity index (χ0) is 14.7. The van der Waals surface area contributed by atoms with Crippen LogP contribution >= 0.6 is 0 Å². The molecule has 5 rings (SSSR count). The second-order valence-corrected chi connectivity index (χ2v) is 6.40. The van der Waals surface area contributed by atoms with E-state index in [9.17, 15) is 0 Å². The summed E-state index contributed by atoms with van der Waals surface area (Å²) < 4.78 is 0. The first-order chi connectivity index (χ1) is 10.8. The highest BCUT2D eigenvalue weighted by Gasteiger charge is 2.23. The Kier molecular flexibility index (Phi) is 2.32. The molecule has 3 aromatic rings. The van der Waals surface area contributed by atoms with Crippen molar-refractivity contribution < 1.29 is 0 Å². The van der Waals surface area contributed by atoms with Gasteiger partial charge in [-0.1, -0.05) is 36.4 Å². The van der Waals surface area contributed by atoms with Crippen molar-refractivity contribution in [3.05, 3.63) is 82.4 Å². The molecular weight excluding hydrogens is 266 g/mol. The van der Waals surface area contributed by atoms with Gasteiger partial charge in [-0.25, -0.2) is 0 Å². The summed E-state index contributed by atoms with van der Waals surface area (Å²) in [5, 5.41) is 3.61. The predicted molar refractivity (Wildman–Crippen MR) is 92.0 cm³/mol. The third-order valence-corrected chi connectivity index (χ3v) is 5.06. The van der Waals surface area contributed by atoms with E-state index in [1.54, 1.807) is 0 Å². The number of aryl methyl sites for hydroxylation is 1. The van der Waals surface area contributed by atoms with E-state index < -0.39 is 0 Å². The van der Waals surface area contributed by atoms with Crippen LogP contribution in [0.5, 0.6) is 0 Å². The van der Waals surface area contributed by atoms with E-state index in [4.69, 9.17) is 0 Å². The van der Waals surface area contributed by atoms with Gasteiger partial charge in [0.25, 0.3) is 0 Å². The maximum absolute atomic E-state index is 3.61. The van der Waals surface area contributed by atoms with Crippen molar-refractivity contribution in [1.29, 1.82) is 0 Å². The number of benzene rings is 3. The normalized spacial score (nSPS) is 13.7. The molecule has 0 saturated heterocycles. The van der Waals surface area contributed by atoms with Gasteiger partial charge in [-0.3, -0.25) is 0 Å². The van der Waals surface area contributed by atoms with E-state index in [1.807, 2.05) is 0 Å². The first kappa shape index (κ1) is 12.0. The molecule has 1 heterocycles. The highest BCUT2D eigenvalue weighted by atomic mass is 14.9. The largest absolute Gasteiger partial charge is 0.355 e. The first-order valence-electron chi connectivity index (χ1n) is 7.89. The topological polar surface area (TPSA) is 12.0 Å². The molecule has 2 aliphatic rings. The van der Waals surface area contributed by atoms with Crippen molar-refractivity contribution in [3.8, 4) is 11.1 Å². The Balaban J connectivity index is 1.68. The van der Waals surface area contributed by atoms with Gasteiger partial charge in [0.2, 0.25) is 0 Å². The van der Waals surface area contributed by atoms with Gasteiger partial charge in [-0.15, -0.1) is 0 Å². The Morgan fingerprint density at radius 2 is 1.64 bits per heavy atom. The molecule has 1 aliphatic heterocycles. The Labute approximate surface area is 130 Å². The Morgan fingerprint density at radius 1 is 0.727 bits per heavy atom. The van der Waals surface area contributed by atoms with Gasteiger partial charge < -0.3 is 5.32 Å². The number of para-hydroxylation sites is 1. The van der Waals surface area contributed by atoms with Crippen LogP contribution in [0.1, 0.15) is 27.8 Å². The minimum Gasteiger partial charge on any atom is -0.355 e. The zero-order valence-corrected chi connectivity index (χ0v) is 12.6. The van der Waals surface area contributed by atoms with Crippen molar-refractivity contribution in [2.45, 2.75) is 19.8 Å². The van der Waals surface area contributed by atoms with Crippen LogP contribution in [0.2, 0.25) is 0 Å². The van der Waals surface area contributed by atoms with Gasteiger partial charge in [-0.2, -0.15) is 0 Å². The molecule has 0 spiro atoms. The molecule has 1 N–H and O–H groups in total. The molecule has 1 aliphatic carbocycles. The standard InChI is InChI=1S/C21H17N/c1-13-5-4-7-17-18(13)10-15-12-21-16(11-19(15)17)9-14-6-2-3-8-20(14)22-21/h2-8,11-12,22H,9-10H2,1H3. The Hall–Kier alpha value is -2.54. The molecule has 0 atom stereocenters. The summed E-state index contributed by atoms with van der Waals surface area (Å²) in [6.07, 6.45) is 2.08. The number of anilines is 2. The lowest BCUT2D eigenvalue weighted by molar-refractivity contribution is 1.15. The SMILES string of the molecule is Cc1cccc2c1Cc1cc3c(cc1-2)Cc1ccccc1N3. The quantitative estimate of drug-likeness (QED) is 0.411. The summed E-state index contributed by atoms with van der Waals surface area (Å²) in [7, 11) is 0. The number of nitrogens with one attached hydrogen (secondary N) is 1. The van der Waals surface area contributed by atoms with Gasteiger partial charge in [0.05, 0.1) is 0 Å². The summed E-state index contributed by atoms with van der Waals surface area (Å²) >= 11 is 0. The van der Waals surface area contributed by atoms with Crippen LogP contribution in [0.15, 0.2) is 54.6 Å². The summed E-state index contributed by atoms with van der Waals surface area (Å²) in [6.45, 7) is 2.22. The molecule has 0 radical (unpaired) electrons. The number of hydrogen-bond donors (Lipinski definition) is 1. The second-order valence-electron chi connectivity index (χ2n) is 6.40. The number of fused-ring (bicyclic) bond motifs is 5. The molecule has 106 valence electrons. The molecule has 1 nitrogen and oxygen atoms in total. The fraction of sp³-hybridized carbons (Fsp3) is 0.143. The highest BCUT2D eigenvalue weighted by Crippen LogP contribution is 2.43. The second kappa shape index (κ2) is 4.23. The summed E-state index contributed by atoms with van der Waals surface area (Å²) in [6, 6.07) is 20.0. The molecule has 0 saturated carbocycles. The van der Waals surface area contributed by atoms with E-state index in [0.29, 0.717) is 0 Å². The van der Waals surface area contributed by atoms with Crippen molar-refractivity contribution in [2.24, 2.45) is 0 Å². The lowest BCUT2D eigenvalue weighted by Crippen LogP contribution is -2.07. The molecule has 0 fully saturated rings. The highest BCUT2D eigenvalue weighted by molar-refractivity contribution is 5.83. The molecule has 0 unspecified atom stereocenters. The van der Waals surface area contributed by atoms with Crippen molar-refractivity contribution in [2.75, 3.05) is 5.32 Å². The predicted octanol–water partition coefficient (Wildman–Crippen LogP) is 5.21. The number of rotatable bonds is 0. The molecule has 1 heteroatoms. The fourth-order valence-corrected chi connectivity index (χ4v) is 3.88. The van der Waals surface area contributed by atoms with E-state index in [0.717, 1.165) is 12.8 Å². The maximum Gasteiger partial charge on any atom is 0.0423 e. The molecular formula is C21H17N. The third-order valence-electron chi connectivity index (χ3n) is 5.06. The summed E-state index contributed by atoms with van der Waals surface area (Å²) in [4.78, 5) is 0. The average Bonchev–Trinajstić information content (AvgIpc) is 2.90. The van der Waals surface area contributed by atoms with Gasteiger partial charge in [0.15, 0.2) is 0 Å². The monoisotopic (exact) mass is 283 g/mol. The maximum atomic E-state index is 3.61. The lowest BCUT2D eigenvalue weighted by Gasteiger charge is -2.22.